The molecule has 1 amide bonds. The molecule has 0 bridgehead atoms. The monoisotopic (exact) mass is 245 g/mol. The van der Waals surface area contributed by atoms with Crippen molar-refractivity contribution in [3.63, 3.8) is 0 Å². The Bertz CT molecular complexity index is 243. The van der Waals surface area contributed by atoms with Crippen molar-refractivity contribution in [2.24, 2.45) is 0 Å². The van der Waals surface area contributed by atoms with Crippen LogP contribution in [-0.4, -0.2) is 35.7 Å². The van der Waals surface area contributed by atoms with Crippen molar-refractivity contribution in [2.45, 2.75) is 56.9 Å². The molecule has 1 aliphatic rings. The van der Waals surface area contributed by atoms with E-state index in [9.17, 15) is 4.79 Å². The summed E-state index contributed by atoms with van der Waals surface area (Å²) in [5.41, 5.74) is -0.718. The van der Waals surface area contributed by atoms with E-state index in [0.29, 0.717) is 11.3 Å². The Morgan fingerprint density at radius 2 is 2.19 bits per heavy atom. The zero-order chi connectivity index (χ0) is 12.2. The van der Waals surface area contributed by atoms with Crippen LogP contribution in [0.4, 0.5) is 0 Å². The molecule has 2 atom stereocenters. The van der Waals surface area contributed by atoms with Gasteiger partial charge in [-0.05, 0) is 32.4 Å². The molecule has 0 aromatic rings. The van der Waals surface area contributed by atoms with E-state index in [4.69, 9.17) is 4.74 Å². The molecule has 0 spiro atoms. The highest BCUT2D eigenvalue weighted by atomic mass is 32.2. The molecular weight excluding hydrogens is 222 g/mol. The van der Waals surface area contributed by atoms with Gasteiger partial charge in [-0.1, -0.05) is 13.3 Å². The number of hydrogen-bond donors (Lipinski definition) is 1. The van der Waals surface area contributed by atoms with Gasteiger partial charge in [0.1, 0.15) is 5.60 Å². The minimum Gasteiger partial charge on any atom is -0.369 e. The van der Waals surface area contributed by atoms with E-state index in [1.165, 1.54) is 12.8 Å². The molecule has 1 rings (SSSR count). The first kappa shape index (κ1) is 13.8. The largest absolute Gasteiger partial charge is 0.369 e. The molecule has 94 valence electrons. The maximum absolute atomic E-state index is 12.0. The van der Waals surface area contributed by atoms with Crippen LogP contribution in [0.1, 0.15) is 40.0 Å². The first-order chi connectivity index (χ1) is 7.51. The summed E-state index contributed by atoms with van der Waals surface area (Å²) in [7, 11) is 1.58. The molecule has 2 unspecified atom stereocenters. The molecule has 1 N–H and O–H groups in total. The Labute approximate surface area is 103 Å². The summed E-state index contributed by atoms with van der Waals surface area (Å²) in [5.74, 6) is 1.12. The van der Waals surface area contributed by atoms with E-state index < -0.39 is 5.60 Å². The zero-order valence-corrected chi connectivity index (χ0v) is 11.5. The van der Waals surface area contributed by atoms with Crippen molar-refractivity contribution in [3.8, 4) is 0 Å². The summed E-state index contributed by atoms with van der Waals surface area (Å²) >= 11 is 1.95. The van der Waals surface area contributed by atoms with Gasteiger partial charge < -0.3 is 10.1 Å². The highest BCUT2D eigenvalue weighted by Crippen LogP contribution is 2.30. The smallest absolute Gasteiger partial charge is 0.251 e. The molecule has 0 radical (unpaired) electrons. The molecule has 0 aromatic carbocycles. The highest BCUT2D eigenvalue weighted by molar-refractivity contribution is 7.99. The fourth-order valence-electron chi connectivity index (χ4n) is 1.94. The quantitative estimate of drug-likeness (QED) is 0.807. The molecule has 0 heterocycles. The fraction of sp³-hybridized carbons (Fsp3) is 0.917. The average Bonchev–Trinajstić information content (AvgIpc) is 2.66. The zero-order valence-electron chi connectivity index (χ0n) is 10.7. The van der Waals surface area contributed by atoms with E-state index in [2.05, 4.69) is 12.2 Å². The maximum atomic E-state index is 12.0. The third-order valence-corrected chi connectivity index (χ3v) is 4.53. The molecular formula is C12H23NO2S. The number of ether oxygens (including phenoxy) is 1. The van der Waals surface area contributed by atoms with Crippen molar-refractivity contribution in [1.29, 1.82) is 0 Å². The lowest BCUT2D eigenvalue weighted by Gasteiger charge is -2.27. The number of carbonyl (C=O) groups excluding carboxylic acids is 1. The second-order valence-corrected chi connectivity index (χ2v) is 6.24. The van der Waals surface area contributed by atoms with Crippen LogP contribution in [0.25, 0.3) is 0 Å². The highest BCUT2D eigenvalue weighted by Gasteiger charge is 2.33. The lowest BCUT2D eigenvalue weighted by atomic mass is 10.1. The van der Waals surface area contributed by atoms with Crippen molar-refractivity contribution < 1.29 is 9.53 Å². The van der Waals surface area contributed by atoms with Gasteiger partial charge in [-0.15, -0.1) is 0 Å². The number of carbonyl (C=O) groups is 1. The van der Waals surface area contributed by atoms with Crippen LogP contribution in [-0.2, 0) is 9.53 Å². The third-order valence-electron chi connectivity index (χ3n) is 3.21. The van der Waals surface area contributed by atoms with Crippen LogP contribution in [0.2, 0.25) is 0 Å². The van der Waals surface area contributed by atoms with Crippen LogP contribution < -0.4 is 5.32 Å². The van der Waals surface area contributed by atoms with E-state index >= 15 is 0 Å². The van der Waals surface area contributed by atoms with Gasteiger partial charge in [-0.3, -0.25) is 4.79 Å². The SMILES string of the molecule is CCSC1CCCC1NC(=O)C(C)(C)OC. The molecule has 0 aliphatic heterocycles. The fourth-order valence-corrected chi connectivity index (χ4v) is 3.14. The molecule has 1 aliphatic carbocycles. The summed E-state index contributed by atoms with van der Waals surface area (Å²) in [4.78, 5) is 12.0. The van der Waals surface area contributed by atoms with Crippen LogP contribution in [0.3, 0.4) is 0 Å². The van der Waals surface area contributed by atoms with E-state index in [1.54, 1.807) is 21.0 Å². The Morgan fingerprint density at radius 3 is 2.75 bits per heavy atom. The van der Waals surface area contributed by atoms with Gasteiger partial charge >= 0.3 is 0 Å². The van der Waals surface area contributed by atoms with Gasteiger partial charge in [0.15, 0.2) is 0 Å². The molecule has 4 heteroatoms. The summed E-state index contributed by atoms with van der Waals surface area (Å²) in [6, 6.07) is 0.326. The predicted molar refractivity (Wildman–Crippen MR) is 68.8 cm³/mol. The summed E-state index contributed by atoms with van der Waals surface area (Å²) in [6.07, 6.45) is 3.54. The van der Waals surface area contributed by atoms with Crippen molar-refractivity contribution in [2.75, 3.05) is 12.9 Å². The lowest BCUT2D eigenvalue weighted by Crippen LogP contribution is -2.49. The van der Waals surface area contributed by atoms with Gasteiger partial charge in [0, 0.05) is 18.4 Å². The van der Waals surface area contributed by atoms with Gasteiger partial charge in [-0.2, -0.15) is 11.8 Å². The van der Waals surface area contributed by atoms with Crippen molar-refractivity contribution in [1.82, 2.24) is 5.32 Å². The molecule has 0 saturated heterocycles. The maximum Gasteiger partial charge on any atom is 0.251 e. The van der Waals surface area contributed by atoms with Crippen LogP contribution in [0.15, 0.2) is 0 Å². The first-order valence-electron chi connectivity index (χ1n) is 5.99. The second-order valence-electron chi connectivity index (χ2n) is 4.72. The topological polar surface area (TPSA) is 38.3 Å². The molecule has 1 saturated carbocycles. The number of rotatable bonds is 5. The number of nitrogens with one attached hydrogen (secondary N) is 1. The van der Waals surface area contributed by atoms with Gasteiger partial charge in [-0.25, -0.2) is 0 Å². The molecule has 0 aromatic heterocycles. The van der Waals surface area contributed by atoms with Crippen LogP contribution >= 0.6 is 11.8 Å². The standard InChI is InChI=1S/C12H23NO2S/c1-5-16-10-8-6-7-9(10)13-11(14)12(2,3)15-4/h9-10H,5-8H2,1-4H3,(H,13,14). The minimum absolute atomic E-state index is 0.00334. The Kier molecular flexibility index (Phi) is 5.12. The van der Waals surface area contributed by atoms with Crippen LogP contribution in [0, 0.1) is 0 Å². The first-order valence-corrected chi connectivity index (χ1v) is 7.04. The Hall–Kier alpha value is -0.220. The number of hydrogen-bond acceptors (Lipinski definition) is 3. The average molecular weight is 245 g/mol. The predicted octanol–water partition coefficient (Wildman–Crippen LogP) is 2.20. The van der Waals surface area contributed by atoms with E-state index in [1.807, 2.05) is 11.8 Å². The van der Waals surface area contributed by atoms with Crippen molar-refractivity contribution in [3.05, 3.63) is 0 Å². The summed E-state index contributed by atoms with van der Waals surface area (Å²) < 4.78 is 5.19. The Morgan fingerprint density at radius 1 is 1.50 bits per heavy atom. The normalized spacial score (nSPS) is 25.8. The summed E-state index contributed by atoms with van der Waals surface area (Å²) in [6.45, 7) is 5.78. The third kappa shape index (κ3) is 3.39. The molecule has 16 heavy (non-hydrogen) atoms. The Balaban J connectivity index is 2.50. The molecule has 3 nitrogen and oxygen atoms in total. The van der Waals surface area contributed by atoms with Gasteiger partial charge in [0.2, 0.25) is 0 Å². The lowest BCUT2D eigenvalue weighted by molar-refractivity contribution is -0.140. The van der Waals surface area contributed by atoms with Crippen molar-refractivity contribution >= 4 is 17.7 Å². The number of methoxy groups -OCH3 is 1. The minimum atomic E-state index is -0.718. The van der Waals surface area contributed by atoms with E-state index in [-0.39, 0.29) is 5.91 Å². The molecule has 1 fully saturated rings. The number of thioether (sulfide) groups is 1. The second kappa shape index (κ2) is 5.92. The van der Waals surface area contributed by atoms with E-state index in [0.717, 1.165) is 12.2 Å². The number of amides is 1. The van der Waals surface area contributed by atoms with Gasteiger partial charge in [0.05, 0.1) is 0 Å². The van der Waals surface area contributed by atoms with Crippen LogP contribution in [0.5, 0.6) is 0 Å². The van der Waals surface area contributed by atoms with Gasteiger partial charge in [0.25, 0.3) is 5.91 Å². The summed E-state index contributed by atoms with van der Waals surface area (Å²) in [5, 5.41) is 3.71.